The number of nitrogens with two attached hydrogens (primary N) is 1. The Morgan fingerprint density at radius 3 is 2.90 bits per heavy atom. The van der Waals surface area contributed by atoms with Crippen molar-refractivity contribution in [2.24, 2.45) is 10.9 Å². The molecule has 0 aromatic heterocycles. The topological polar surface area (TPSA) is 96.9 Å². The van der Waals surface area contributed by atoms with Crippen LogP contribution >= 0.6 is 0 Å². The van der Waals surface area contributed by atoms with Gasteiger partial charge in [0.1, 0.15) is 5.82 Å². The molecular weight excluding hydrogens is 265 g/mol. The van der Waals surface area contributed by atoms with E-state index in [1.807, 2.05) is 6.92 Å². The van der Waals surface area contributed by atoms with E-state index in [0.717, 1.165) is 6.07 Å². The van der Waals surface area contributed by atoms with Crippen molar-refractivity contribution in [2.75, 3.05) is 18.5 Å². The molecule has 0 spiro atoms. The van der Waals surface area contributed by atoms with Gasteiger partial charge >= 0.3 is 0 Å². The highest BCUT2D eigenvalue weighted by Crippen LogP contribution is 2.16. The van der Waals surface area contributed by atoms with Gasteiger partial charge in [-0.25, -0.2) is 4.39 Å². The van der Waals surface area contributed by atoms with Gasteiger partial charge in [0.25, 0.3) is 0 Å². The average Bonchev–Trinajstić information content (AvgIpc) is 2.45. The number of halogens is 1. The summed E-state index contributed by atoms with van der Waals surface area (Å²) in [6.07, 6.45) is 0.824. The number of oxime groups is 1. The molecule has 0 atom stereocenters. The van der Waals surface area contributed by atoms with Gasteiger partial charge < -0.3 is 21.0 Å². The number of nitrogens with one attached hydrogen (secondary N) is 1. The Bertz CT molecular complexity index is 492. The van der Waals surface area contributed by atoms with E-state index in [1.54, 1.807) is 0 Å². The van der Waals surface area contributed by atoms with Gasteiger partial charge in [0.15, 0.2) is 5.84 Å². The van der Waals surface area contributed by atoms with Crippen LogP contribution in [0.1, 0.15) is 25.3 Å². The number of hydrogen-bond donors (Lipinski definition) is 3. The minimum absolute atomic E-state index is 0.0564. The SMILES string of the molecule is CCOCCCC(=O)Nc1ccc(/C(N)=N/O)cc1F. The molecule has 0 aliphatic rings. The Balaban J connectivity index is 2.58. The van der Waals surface area contributed by atoms with Crippen LogP contribution in [0, 0.1) is 5.82 Å². The van der Waals surface area contributed by atoms with E-state index in [2.05, 4.69) is 10.5 Å². The lowest BCUT2D eigenvalue weighted by atomic mass is 10.1. The van der Waals surface area contributed by atoms with E-state index in [-0.39, 0.29) is 29.4 Å². The van der Waals surface area contributed by atoms with Gasteiger partial charge in [0.05, 0.1) is 5.69 Å². The molecule has 0 bridgehead atoms. The maximum Gasteiger partial charge on any atom is 0.224 e. The number of hydrogen-bond acceptors (Lipinski definition) is 4. The van der Waals surface area contributed by atoms with Crippen molar-refractivity contribution in [1.29, 1.82) is 0 Å². The summed E-state index contributed by atoms with van der Waals surface area (Å²) < 4.78 is 18.8. The van der Waals surface area contributed by atoms with Gasteiger partial charge in [-0.3, -0.25) is 4.79 Å². The van der Waals surface area contributed by atoms with Crippen molar-refractivity contribution < 1.29 is 19.1 Å². The Kier molecular flexibility index (Phi) is 6.45. The number of amides is 1. The first-order valence-electron chi connectivity index (χ1n) is 6.23. The Labute approximate surface area is 116 Å². The summed E-state index contributed by atoms with van der Waals surface area (Å²) >= 11 is 0. The van der Waals surface area contributed by atoms with Crippen molar-refractivity contribution in [3.05, 3.63) is 29.6 Å². The molecule has 0 heterocycles. The molecule has 6 nitrogen and oxygen atoms in total. The van der Waals surface area contributed by atoms with E-state index < -0.39 is 5.82 Å². The third-order valence-corrected chi connectivity index (χ3v) is 2.54. The van der Waals surface area contributed by atoms with Crippen LogP contribution in [0.2, 0.25) is 0 Å². The zero-order valence-corrected chi connectivity index (χ0v) is 11.2. The second-order valence-electron chi connectivity index (χ2n) is 4.03. The summed E-state index contributed by atoms with van der Waals surface area (Å²) in [6, 6.07) is 3.90. The third kappa shape index (κ3) is 4.85. The molecule has 0 aliphatic carbocycles. The van der Waals surface area contributed by atoms with Crippen LogP contribution < -0.4 is 11.1 Å². The predicted molar refractivity (Wildman–Crippen MR) is 73.3 cm³/mol. The molecule has 1 amide bonds. The standard InChI is InChI=1S/C13H18FN3O3/c1-2-20-7-3-4-12(18)16-11-6-5-9(8-10(11)14)13(15)17-19/h5-6,8,19H,2-4,7H2,1H3,(H2,15,17)(H,16,18). The zero-order chi connectivity index (χ0) is 15.0. The second kappa shape index (κ2) is 8.11. The molecule has 7 heteroatoms. The lowest BCUT2D eigenvalue weighted by Crippen LogP contribution is -2.16. The second-order valence-corrected chi connectivity index (χ2v) is 4.03. The van der Waals surface area contributed by atoms with Crippen LogP contribution in [-0.2, 0) is 9.53 Å². The fourth-order valence-electron chi connectivity index (χ4n) is 1.53. The summed E-state index contributed by atoms with van der Waals surface area (Å²) in [4.78, 5) is 11.6. The molecule has 4 N–H and O–H groups in total. The number of benzene rings is 1. The number of rotatable bonds is 7. The van der Waals surface area contributed by atoms with E-state index in [0.29, 0.717) is 19.6 Å². The van der Waals surface area contributed by atoms with E-state index in [9.17, 15) is 9.18 Å². The van der Waals surface area contributed by atoms with Crippen molar-refractivity contribution >= 4 is 17.4 Å². The van der Waals surface area contributed by atoms with Crippen LogP contribution in [0.15, 0.2) is 23.4 Å². The molecule has 1 aromatic rings. The molecular formula is C13H18FN3O3. The Morgan fingerprint density at radius 2 is 2.30 bits per heavy atom. The quantitative estimate of drug-likeness (QED) is 0.233. The first kappa shape index (κ1) is 15.9. The molecule has 1 aromatic carbocycles. The maximum absolute atomic E-state index is 13.7. The molecule has 0 saturated heterocycles. The minimum atomic E-state index is -0.646. The van der Waals surface area contributed by atoms with E-state index in [4.69, 9.17) is 15.7 Å². The minimum Gasteiger partial charge on any atom is -0.409 e. The number of amidine groups is 1. The highest BCUT2D eigenvalue weighted by molar-refractivity contribution is 5.98. The van der Waals surface area contributed by atoms with Crippen molar-refractivity contribution in [1.82, 2.24) is 0 Å². The van der Waals surface area contributed by atoms with Crippen LogP contribution in [0.4, 0.5) is 10.1 Å². The summed E-state index contributed by atoms with van der Waals surface area (Å²) in [5.74, 6) is -1.13. The molecule has 0 unspecified atom stereocenters. The van der Waals surface area contributed by atoms with Gasteiger partial charge in [-0.05, 0) is 31.5 Å². The van der Waals surface area contributed by atoms with Crippen LogP contribution in [-0.4, -0.2) is 30.2 Å². The highest BCUT2D eigenvalue weighted by atomic mass is 19.1. The number of ether oxygens (including phenoxy) is 1. The first-order chi connectivity index (χ1) is 9.58. The number of carbonyl (C=O) groups is 1. The summed E-state index contributed by atoms with van der Waals surface area (Å²) in [6.45, 7) is 2.97. The fraction of sp³-hybridized carbons (Fsp3) is 0.385. The Morgan fingerprint density at radius 1 is 1.55 bits per heavy atom. The first-order valence-corrected chi connectivity index (χ1v) is 6.23. The lowest BCUT2D eigenvalue weighted by Gasteiger charge is -2.08. The fourth-order valence-corrected chi connectivity index (χ4v) is 1.53. The molecule has 0 saturated carbocycles. The number of carbonyl (C=O) groups excluding carboxylic acids is 1. The monoisotopic (exact) mass is 283 g/mol. The summed E-state index contributed by atoms with van der Waals surface area (Å²) in [5, 5.41) is 13.7. The van der Waals surface area contributed by atoms with Crippen LogP contribution in [0.25, 0.3) is 0 Å². The zero-order valence-electron chi connectivity index (χ0n) is 11.2. The summed E-state index contributed by atoms with van der Waals surface area (Å²) in [7, 11) is 0. The van der Waals surface area contributed by atoms with Gasteiger partial charge in [-0.15, -0.1) is 0 Å². The number of nitrogens with zero attached hydrogens (tertiary/aromatic N) is 1. The predicted octanol–water partition coefficient (Wildman–Crippen LogP) is 1.68. The average molecular weight is 283 g/mol. The molecule has 20 heavy (non-hydrogen) atoms. The van der Waals surface area contributed by atoms with E-state index in [1.165, 1.54) is 12.1 Å². The summed E-state index contributed by atoms with van der Waals surface area (Å²) in [5.41, 5.74) is 5.63. The lowest BCUT2D eigenvalue weighted by molar-refractivity contribution is -0.116. The molecule has 110 valence electrons. The Hall–Kier alpha value is -2.15. The van der Waals surface area contributed by atoms with Crippen molar-refractivity contribution in [2.45, 2.75) is 19.8 Å². The molecule has 0 aliphatic heterocycles. The van der Waals surface area contributed by atoms with Crippen molar-refractivity contribution in [3.63, 3.8) is 0 Å². The van der Waals surface area contributed by atoms with Gasteiger partial charge in [0.2, 0.25) is 5.91 Å². The molecule has 1 rings (SSSR count). The smallest absolute Gasteiger partial charge is 0.224 e. The normalized spacial score (nSPS) is 11.4. The van der Waals surface area contributed by atoms with Crippen molar-refractivity contribution in [3.8, 4) is 0 Å². The van der Waals surface area contributed by atoms with Crippen LogP contribution in [0.5, 0.6) is 0 Å². The molecule has 0 radical (unpaired) electrons. The third-order valence-electron chi connectivity index (χ3n) is 2.54. The highest BCUT2D eigenvalue weighted by Gasteiger charge is 2.09. The van der Waals surface area contributed by atoms with Gasteiger partial charge in [-0.1, -0.05) is 5.16 Å². The largest absolute Gasteiger partial charge is 0.409 e. The van der Waals surface area contributed by atoms with Gasteiger partial charge in [-0.2, -0.15) is 0 Å². The van der Waals surface area contributed by atoms with Crippen LogP contribution in [0.3, 0.4) is 0 Å². The van der Waals surface area contributed by atoms with Gasteiger partial charge in [0, 0.05) is 25.2 Å². The maximum atomic E-state index is 13.7. The van der Waals surface area contributed by atoms with E-state index >= 15 is 0 Å². The number of anilines is 1. The molecule has 0 fully saturated rings.